The number of hydrogen-bond donors (Lipinski definition) is 2. The Kier molecular flexibility index (Phi) is 4.55. The van der Waals surface area contributed by atoms with Gasteiger partial charge in [-0.3, -0.25) is 4.79 Å². The van der Waals surface area contributed by atoms with Crippen LogP contribution in [0.15, 0.2) is 0 Å². The quantitative estimate of drug-likeness (QED) is 0.631. The third-order valence-electron chi connectivity index (χ3n) is 2.58. The van der Waals surface area contributed by atoms with E-state index in [9.17, 15) is 9.59 Å². The Bertz CT molecular complexity index is 237. The minimum atomic E-state index is -0.565. The van der Waals surface area contributed by atoms with Crippen molar-refractivity contribution in [3.05, 3.63) is 0 Å². The first-order valence-corrected chi connectivity index (χ1v) is 5.24. The molecule has 1 amide bonds. The molecule has 0 radical (unpaired) electrons. The van der Waals surface area contributed by atoms with Gasteiger partial charge >= 0.3 is 5.97 Å². The van der Waals surface area contributed by atoms with E-state index in [1.807, 2.05) is 0 Å². The fourth-order valence-electron chi connectivity index (χ4n) is 1.64. The van der Waals surface area contributed by atoms with E-state index in [2.05, 4.69) is 15.4 Å². The van der Waals surface area contributed by atoms with Crippen molar-refractivity contribution in [1.82, 2.24) is 10.6 Å². The summed E-state index contributed by atoms with van der Waals surface area (Å²) in [5.41, 5.74) is 0. The topological polar surface area (TPSA) is 67.4 Å². The smallest absolute Gasteiger partial charge is 0.328 e. The molecule has 0 spiro atoms. The fourth-order valence-corrected chi connectivity index (χ4v) is 1.64. The molecule has 0 aromatic heterocycles. The molecule has 5 heteroatoms. The highest BCUT2D eigenvalue weighted by Crippen LogP contribution is 2.09. The molecule has 0 aromatic rings. The summed E-state index contributed by atoms with van der Waals surface area (Å²) in [7, 11) is 1.31. The Balaban J connectivity index is 2.36. The number of rotatable bonds is 3. The number of piperidine rings is 1. The van der Waals surface area contributed by atoms with Crippen LogP contribution in [0.25, 0.3) is 0 Å². The van der Waals surface area contributed by atoms with E-state index >= 15 is 0 Å². The van der Waals surface area contributed by atoms with Gasteiger partial charge in [0.25, 0.3) is 0 Å². The van der Waals surface area contributed by atoms with E-state index in [1.54, 1.807) is 6.92 Å². The number of amides is 1. The molecule has 5 nitrogen and oxygen atoms in total. The molecule has 1 heterocycles. The second kappa shape index (κ2) is 5.70. The third kappa shape index (κ3) is 3.51. The predicted molar refractivity (Wildman–Crippen MR) is 55.2 cm³/mol. The van der Waals surface area contributed by atoms with Crippen molar-refractivity contribution in [2.75, 3.05) is 20.2 Å². The molecule has 1 aliphatic rings. The van der Waals surface area contributed by atoms with Crippen molar-refractivity contribution >= 4 is 11.9 Å². The van der Waals surface area contributed by atoms with Crippen molar-refractivity contribution in [3.8, 4) is 0 Å². The number of ether oxygens (including phenoxy) is 1. The molecule has 0 saturated carbocycles. The van der Waals surface area contributed by atoms with Crippen molar-refractivity contribution < 1.29 is 14.3 Å². The van der Waals surface area contributed by atoms with Gasteiger partial charge in [0, 0.05) is 6.54 Å². The van der Waals surface area contributed by atoms with Crippen LogP contribution < -0.4 is 10.6 Å². The molecular weight excluding hydrogens is 196 g/mol. The van der Waals surface area contributed by atoms with Gasteiger partial charge in [-0.1, -0.05) is 0 Å². The molecule has 15 heavy (non-hydrogen) atoms. The van der Waals surface area contributed by atoms with Gasteiger partial charge in [-0.05, 0) is 26.3 Å². The van der Waals surface area contributed by atoms with Crippen LogP contribution >= 0.6 is 0 Å². The van der Waals surface area contributed by atoms with Crippen LogP contribution in [0.1, 0.15) is 19.8 Å². The largest absolute Gasteiger partial charge is 0.467 e. The first-order chi connectivity index (χ1) is 7.15. The predicted octanol–water partition coefficient (Wildman–Crippen LogP) is -0.336. The second-order valence-electron chi connectivity index (χ2n) is 3.80. The Morgan fingerprint density at radius 1 is 1.53 bits per heavy atom. The van der Waals surface area contributed by atoms with E-state index in [-0.39, 0.29) is 11.8 Å². The van der Waals surface area contributed by atoms with Gasteiger partial charge in [-0.25, -0.2) is 4.79 Å². The minimum absolute atomic E-state index is 0.0224. The van der Waals surface area contributed by atoms with Crippen molar-refractivity contribution in [3.63, 3.8) is 0 Å². The first-order valence-electron chi connectivity index (χ1n) is 5.24. The molecule has 1 fully saturated rings. The van der Waals surface area contributed by atoms with Crippen LogP contribution in [0.2, 0.25) is 0 Å². The summed E-state index contributed by atoms with van der Waals surface area (Å²) in [6.07, 6.45) is 1.89. The van der Waals surface area contributed by atoms with Gasteiger partial charge in [-0.2, -0.15) is 0 Å². The molecule has 2 atom stereocenters. The van der Waals surface area contributed by atoms with Crippen LogP contribution in [0, 0.1) is 5.92 Å². The molecule has 1 saturated heterocycles. The third-order valence-corrected chi connectivity index (χ3v) is 2.58. The van der Waals surface area contributed by atoms with E-state index in [1.165, 1.54) is 7.11 Å². The number of carbonyl (C=O) groups is 2. The van der Waals surface area contributed by atoms with Gasteiger partial charge in [0.2, 0.25) is 5.91 Å². The molecule has 0 bridgehead atoms. The highest BCUT2D eigenvalue weighted by Gasteiger charge is 2.24. The molecule has 0 unspecified atom stereocenters. The minimum Gasteiger partial charge on any atom is -0.467 e. The van der Waals surface area contributed by atoms with Crippen LogP contribution in [-0.2, 0) is 14.3 Å². The first kappa shape index (κ1) is 12.0. The maximum atomic E-state index is 11.7. The summed E-state index contributed by atoms with van der Waals surface area (Å²) in [5, 5.41) is 5.80. The van der Waals surface area contributed by atoms with Crippen LogP contribution in [0.3, 0.4) is 0 Å². The van der Waals surface area contributed by atoms with Crippen molar-refractivity contribution in [2.24, 2.45) is 5.92 Å². The Morgan fingerprint density at radius 2 is 2.27 bits per heavy atom. The highest BCUT2D eigenvalue weighted by molar-refractivity contribution is 5.85. The fraction of sp³-hybridized carbons (Fsp3) is 0.800. The van der Waals surface area contributed by atoms with E-state index in [0.717, 1.165) is 19.4 Å². The number of hydrogen-bond acceptors (Lipinski definition) is 4. The standard InChI is InChI=1S/C10H18N2O3/c1-7(10(14)15-2)12-9(13)8-4-3-5-11-6-8/h7-8,11H,3-6H2,1-2H3,(H,12,13)/t7-,8+/m0/s1. The average Bonchev–Trinajstić information content (AvgIpc) is 2.29. The van der Waals surface area contributed by atoms with Gasteiger partial charge in [-0.15, -0.1) is 0 Å². The lowest BCUT2D eigenvalue weighted by Gasteiger charge is -2.23. The molecule has 2 N–H and O–H groups in total. The lowest BCUT2D eigenvalue weighted by atomic mass is 9.98. The number of carbonyl (C=O) groups excluding carboxylic acids is 2. The van der Waals surface area contributed by atoms with E-state index < -0.39 is 12.0 Å². The average molecular weight is 214 g/mol. The lowest BCUT2D eigenvalue weighted by molar-refractivity contribution is -0.145. The molecule has 0 aliphatic carbocycles. The Morgan fingerprint density at radius 3 is 2.80 bits per heavy atom. The van der Waals surface area contributed by atoms with Crippen LogP contribution in [0.4, 0.5) is 0 Å². The normalized spacial score (nSPS) is 22.9. The lowest BCUT2D eigenvalue weighted by Crippen LogP contribution is -2.46. The number of methoxy groups -OCH3 is 1. The SMILES string of the molecule is COC(=O)[C@H](C)NC(=O)[C@@H]1CCCNC1. The van der Waals surface area contributed by atoms with E-state index in [0.29, 0.717) is 6.54 Å². The highest BCUT2D eigenvalue weighted by atomic mass is 16.5. The summed E-state index contributed by atoms with van der Waals surface area (Å²) in [5.74, 6) is -0.502. The summed E-state index contributed by atoms with van der Waals surface area (Å²) in [4.78, 5) is 22.7. The van der Waals surface area contributed by atoms with Crippen molar-refractivity contribution in [2.45, 2.75) is 25.8 Å². The van der Waals surface area contributed by atoms with E-state index in [4.69, 9.17) is 0 Å². The zero-order chi connectivity index (χ0) is 11.3. The van der Waals surface area contributed by atoms with Gasteiger partial charge < -0.3 is 15.4 Å². The zero-order valence-electron chi connectivity index (χ0n) is 9.21. The van der Waals surface area contributed by atoms with Gasteiger partial charge in [0.05, 0.1) is 13.0 Å². The number of nitrogens with one attached hydrogen (secondary N) is 2. The number of esters is 1. The molecular formula is C10H18N2O3. The molecule has 86 valence electrons. The second-order valence-corrected chi connectivity index (χ2v) is 3.80. The maximum absolute atomic E-state index is 11.7. The van der Waals surface area contributed by atoms with Crippen LogP contribution in [-0.4, -0.2) is 38.1 Å². The van der Waals surface area contributed by atoms with Gasteiger partial charge in [0.15, 0.2) is 0 Å². The zero-order valence-corrected chi connectivity index (χ0v) is 9.21. The summed E-state index contributed by atoms with van der Waals surface area (Å²) in [6, 6.07) is -0.565. The summed E-state index contributed by atoms with van der Waals surface area (Å²) in [6.45, 7) is 3.29. The summed E-state index contributed by atoms with van der Waals surface area (Å²) < 4.78 is 4.53. The van der Waals surface area contributed by atoms with Gasteiger partial charge in [0.1, 0.15) is 6.04 Å². The maximum Gasteiger partial charge on any atom is 0.328 e. The Labute approximate surface area is 89.6 Å². The van der Waals surface area contributed by atoms with Crippen LogP contribution in [0.5, 0.6) is 0 Å². The molecule has 1 rings (SSSR count). The Hall–Kier alpha value is -1.10. The summed E-state index contributed by atoms with van der Waals surface area (Å²) >= 11 is 0. The monoisotopic (exact) mass is 214 g/mol. The molecule has 0 aromatic carbocycles. The van der Waals surface area contributed by atoms with Crippen molar-refractivity contribution in [1.29, 1.82) is 0 Å². The molecule has 1 aliphatic heterocycles.